The minimum Gasteiger partial charge on any atom is -0.457 e. The lowest BCUT2D eigenvalue weighted by Gasteiger charge is -2.27. The second kappa shape index (κ2) is 12.9. The van der Waals surface area contributed by atoms with E-state index in [2.05, 4.69) is 10.6 Å². The van der Waals surface area contributed by atoms with Crippen LogP contribution in [0.15, 0.2) is 72.8 Å². The monoisotopic (exact) mass is 607 g/mol. The molecule has 3 aromatic rings. The van der Waals surface area contributed by atoms with Crippen LogP contribution in [0.2, 0.25) is 5.02 Å². The molecule has 13 nitrogen and oxygen atoms in total. The molecule has 0 aromatic heterocycles. The van der Waals surface area contributed by atoms with Crippen molar-refractivity contribution in [2.45, 2.75) is 18.6 Å². The summed E-state index contributed by atoms with van der Waals surface area (Å²) in [6.07, 6.45) is -0.817. The standard InChI is InChI=1S/C29H26ClN5O8/c30-19-3-5-21(6-4-19)32-29(39)34-16-24(43-28(38)18-1-9-23(10-2-18)35(40)41)15-25(34)27(37)31-20-7-11-22(12-8-20)33-13-14-42-17-26(33)36/h1-12,24-25H,13-17H2,(H,31,37)(H,32,39). The first-order valence-electron chi connectivity index (χ1n) is 13.3. The molecule has 2 unspecified atom stereocenters. The molecule has 2 aliphatic rings. The number of benzene rings is 3. The van der Waals surface area contributed by atoms with Gasteiger partial charge >= 0.3 is 12.0 Å². The first kappa shape index (κ1) is 29.5. The van der Waals surface area contributed by atoms with Crippen molar-refractivity contribution in [1.82, 2.24) is 4.90 Å². The molecular weight excluding hydrogens is 582 g/mol. The number of anilines is 3. The highest BCUT2D eigenvalue weighted by molar-refractivity contribution is 6.30. The largest absolute Gasteiger partial charge is 0.457 e. The van der Waals surface area contributed by atoms with E-state index in [0.29, 0.717) is 35.2 Å². The van der Waals surface area contributed by atoms with Crippen LogP contribution in [0.1, 0.15) is 16.8 Å². The Bertz CT molecular complexity index is 1530. The molecule has 43 heavy (non-hydrogen) atoms. The second-order valence-electron chi connectivity index (χ2n) is 9.81. The molecule has 0 bridgehead atoms. The maximum atomic E-state index is 13.4. The average molecular weight is 608 g/mol. The summed E-state index contributed by atoms with van der Waals surface area (Å²) < 4.78 is 10.8. The van der Waals surface area contributed by atoms with Gasteiger partial charge in [-0.1, -0.05) is 11.6 Å². The quantitative estimate of drug-likeness (QED) is 0.231. The highest BCUT2D eigenvalue weighted by Crippen LogP contribution is 2.26. The van der Waals surface area contributed by atoms with Crippen molar-refractivity contribution in [3.8, 4) is 0 Å². The van der Waals surface area contributed by atoms with Gasteiger partial charge in [-0.3, -0.25) is 19.7 Å². The summed E-state index contributed by atoms with van der Waals surface area (Å²) in [5, 5.41) is 16.9. The SMILES string of the molecule is O=C(OC1CC(C(=O)Nc2ccc(N3CCOCC3=O)cc2)N(C(=O)Nc2ccc(Cl)cc2)C1)c1ccc([N+](=O)[O-])cc1. The first-order chi connectivity index (χ1) is 20.7. The molecule has 2 atom stereocenters. The molecule has 2 fully saturated rings. The average Bonchev–Trinajstić information content (AvgIpc) is 3.43. The first-order valence-corrected chi connectivity index (χ1v) is 13.6. The van der Waals surface area contributed by atoms with Gasteiger partial charge in [0.15, 0.2) is 0 Å². The topological polar surface area (TPSA) is 160 Å². The molecule has 2 aliphatic heterocycles. The fraction of sp³-hybridized carbons (Fsp3) is 0.241. The van der Waals surface area contributed by atoms with E-state index in [1.54, 1.807) is 53.4 Å². The normalized spacial score (nSPS) is 18.2. The Morgan fingerprint density at radius 1 is 0.953 bits per heavy atom. The number of rotatable bonds is 7. The summed E-state index contributed by atoms with van der Waals surface area (Å²) in [5.41, 5.74) is 1.47. The molecule has 2 saturated heterocycles. The molecule has 222 valence electrons. The van der Waals surface area contributed by atoms with Crippen LogP contribution >= 0.6 is 11.6 Å². The number of esters is 1. The van der Waals surface area contributed by atoms with E-state index >= 15 is 0 Å². The van der Waals surface area contributed by atoms with Gasteiger partial charge in [0.2, 0.25) is 5.91 Å². The number of amides is 4. The third-order valence-corrected chi connectivity index (χ3v) is 7.19. The van der Waals surface area contributed by atoms with E-state index in [0.717, 1.165) is 0 Å². The molecule has 3 aromatic carbocycles. The Hall–Kier alpha value is -5.01. The molecular formula is C29H26ClN5O8. The number of halogens is 1. The number of urea groups is 1. The number of non-ortho nitro benzene ring substituents is 1. The van der Waals surface area contributed by atoms with E-state index < -0.39 is 35.0 Å². The van der Waals surface area contributed by atoms with Gasteiger partial charge in [-0.25, -0.2) is 9.59 Å². The number of nitrogens with zero attached hydrogens (tertiary/aromatic N) is 3. The molecule has 2 N–H and O–H groups in total. The van der Waals surface area contributed by atoms with Crippen LogP contribution < -0.4 is 15.5 Å². The van der Waals surface area contributed by atoms with Gasteiger partial charge in [0.05, 0.1) is 23.6 Å². The zero-order valence-electron chi connectivity index (χ0n) is 22.6. The zero-order valence-corrected chi connectivity index (χ0v) is 23.4. The number of ether oxygens (including phenoxy) is 2. The maximum Gasteiger partial charge on any atom is 0.338 e. The molecule has 0 aliphatic carbocycles. The molecule has 0 spiro atoms. The predicted molar refractivity (Wildman–Crippen MR) is 156 cm³/mol. The van der Waals surface area contributed by atoms with E-state index in [-0.39, 0.29) is 36.7 Å². The van der Waals surface area contributed by atoms with E-state index in [1.165, 1.54) is 29.2 Å². The van der Waals surface area contributed by atoms with E-state index in [1.807, 2.05) is 0 Å². The summed E-state index contributed by atoms with van der Waals surface area (Å²) >= 11 is 5.94. The lowest BCUT2D eigenvalue weighted by molar-refractivity contribution is -0.384. The minimum atomic E-state index is -0.998. The third-order valence-electron chi connectivity index (χ3n) is 6.94. The summed E-state index contributed by atoms with van der Waals surface area (Å²) in [4.78, 5) is 64.8. The van der Waals surface area contributed by atoms with Crippen LogP contribution in [-0.2, 0) is 19.1 Å². The zero-order chi connectivity index (χ0) is 30.5. The van der Waals surface area contributed by atoms with Gasteiger partial charge in [0.1, 0.15) is 18.8 Å². The smallest absolute Gasteiger partial charge is 0.338 e. The number of likely N-dealkylation sites (tertiary alicyclic amines) is 1. The third kappa shape index (κ3) is 7.08. The summed E-state index contributed by atoms with van der Waals surface area (Å²) in [6.45, 7) is 0.776. The molecule has 0 saturated carbocycles. The van der Waals surface area contributed by atoms with Gasteiger partial charge in [-0.15, -0.1) is 0 Å². The van der Waals surface area contributed by atoms with E-state index in [4.69, 9.17) is 21.1 Å². The number of hydrogen-bond donors (Lipinski definition) is 2. The fourth-order valence-electron chi connectivity index (χ4n) is 4.76. The Kier molecular flexibility index (Phi) is 8.83. The van der Waals surface area contributed by atoms with Crippen molar-refractivity contribution in [3.05, 3.63) is 93.5 Å². The van der Waals surface area contributed by atoms with Crippen LogP contribution in [-0.4, -0.2) is 72.1 Å². The van der Waals surface area contributed by atoms with Crippen molar-refractivity contribution in [2.24, 2.45) is 0 Å². The van der Waals surface area contributed by atoms with Crippen LogP contribution in [0.4, 0.5) is 27.5 Å². The highest BCUT2D eigenvalue weighted by Gasteiger charge is 2.41. The van der Waals surface area contributed by atoms with Crippen LogP contribution in [0.3, 0.4) is 0 Å². The van der Waals surface area contributed by atoms with Crippen molar-refractivity contribution in [1.29, 1.82) is 0 Å². The highest BCUT2D eigenvalue weighted by atomic mass is 35.5. The van der Waals surface area contributed by atoms with Crippen LogP contribution in [0.25, 0.3) is 0 Å². The lowest BCUT2D eigenvalue weighted by Crippen LogP contribution is -2.45. The fourth-order valence-corrected chi connectivity index (χ4v) is 4.89. The second-order valence-corrected chi connectivity index (χ2v) is 10.2. The van der Waals surface area contributed by atoms with Gasteiger partial charge < -0.3 is 29.9 Å². The number of nitrogens with one attached hydrogen (secondary N) is 2. The summed E-state index contributed by atoms with van der Waals surface area (Å²) in [5.74, 6) is -1.41. The Morgan fingerprint density at radius 2 is 1.60 bits per heavy atom. The Morgan fingerprint density at radius 3 is 2.26 bits per heavy atom. The lowest BCUT2D eigenvalue weighted by atomic mass is 10.1. The number of hydrogen-bond acceptors (Lipinski definition) is 8. The number of carbonyl (C=O) groups is 4. The number of nitro groups is 1. The van der Waals surface area contributed by atoms with Gasteiger partial charge in [0, 0.05) is 47.2 Å². The van der Waals surface area contributed by atoms with Crippen LogP contribution in [0.5, 0.6) is 0 Å². The minimum absolute atomic E-state index is 0.00399. The molecule has 2 heterocycles. The summed E-state index contributed by atoms with van der Waals surface area (Å²) in [6, 6.07) is 16.5. The molecule has 14 heteroatoms. The van der Waals surface area contributed by atoms with Crippen molar-refractivity contribution in [2.75, 3.05) is 41.8 Å². The van der Waals surface area contributed by atoms with Crippen molar-refractivity contribution < 1.29 is 33.6 Å². The van der Waals surface area contributed by atoms with Crippen LogP contribution in [0, 0.1) is 10.1 Å². The number of nitro benzene ring substituents is 1. The van der Waals surface area contributed by atoms with Crippen molar-refractivity contribution in [3.63, 3.8) is 0 Å². The summed E-state index contributed by atoms with van der Waals surface area (Å²) in [7, 11) is 0. The van der Waals surface area contributed by atoms with Gasteiger partial charge in [-0.05, 0) is 60.7 Å². The predicted octanol–water partition coefficient (Wildman–Crippen LogP) is 4.08. The number of carbonyl (C=O) groups excluding carboxylic acids is 4. The molecule has 5 rings (SSSR count). The Labute approximate surface area is 250 Å². The molecule has 4 amide bonds. The van der Waals surface area contributed by atoms with Gasteiger partial charge in [-0.2, -0.15) is 0 Å². The maximum absolute atomic E-state index is 13.4. The van der Waals surface area contributed by atoms with Crippen molar-refractivity contribution >= 4 is 58.2 Å². The van der Waals surface area contributed by atoms with E-state index in [9.17, 15) is 29.3 Å². The molecule has 0 radical (unpaired) electrons. The van der Waals surface area contributed by atoms with Gasteiger partial charge in [0.25, 0.3) is 11.6 Å². The number of morpholine rings is 1. The Balaban J connectivity index is 1.29.